The molecule has 0 amide bonds. The van der Waals surface area contributed by atoms with Crippen molar-refractivity contribution in [2.24, 2.45) is 5.92 Å². The van der Waals surface area contributed by atoms with E-state index < -0.39 is 97.5 Å². The molecule has 0 aromatic heterocycles. The Hall–Kier alpha value is -1.94. The molecule has 0 bridgehead atoms. The number of ether oxygens (including phenoxy) is 4. The van der Waals surface area contributed by atoms with Crippen molar-refractivity contribution >= 4 is 39.5 Å². The molecule has 17 nitrogen and oxygen atoms in total. The maximum Gasteiger partial charge on any atom is 0.472 e. The topological polar surface area (TPSA) is 237 Å². The molecule has 5 atom stereocenters. The summed E-state index contributed by atoms with van der Waals surface area (Å²) in [6.45, 7) is 7.31. The zero-order valence-electron chi connectivity index (χ0n) is 69.6. The van der Waals surface area contributed by atoms with Gasteiger partial charge < -0.3 is 33.8 Å². The number of aliphatic hydroxyl groups excluding tert-OH is 1. The highest BCUT2D eigenvalue weighted by atomic mass is 31.2. The van der Waals surface area contributed by atoms with Crippen molar-refractivity contribution < 1.29 is 80.2 Å². The smallest absolute Gasteiger partial charge is 0.462 e. The molecule has 0 aliphatic rings. The van der Waals surface area contributed by atoms with Crippen LogP contribution in [-0.4, -0.2) is 96.7 Å². The molecular formula is C87H170O17P2. The number of hydrogen-bond donors (Lipinski definition) is 3. The highest BCUT2D eigenvalue weighted by Gasteiger charge is 2.30. The zero-order chi connectivity index (χ0) is 77.6. The Morgan fingerprint density at radius 3 is 0.642 bits per heavy atom. The summed E-state index contributed by atoms with van der Waals surface area (Å²) in [6, 6.07) is 0. The predicted octanol–water partition coefficient (Wildman–Crippen LogP) is 26.8. The van der Waals surface area contributed by atoms with Crippen molar-refractivity contribution in [1.82, 2.24) is 0 Å². The first kappa shape index (κ1) is 104. The normalized spacial score (nSPS) is 13.7. The molecule has 0 saturated heterocycles. The second-order valence-electron chi connectivity index (χ2n) is 31.8. The van der Waals surface area contributed by atoms with E-state index in [1.807, 2.05) is 0 Å². The van der Waals surface area contributed by atoms with Gasteiger partial charge in [-0.3, -0.25) is 37.3 Å². The lowest BCUT2D eigenvalue weighted by Gasteiger charge is -2.21. The fourth-order valence-corrected chi connectivity index (χ4v) is 15.2. The average molecular weight is 1550 g/mol. The first-order valence-electron chi connectivity index (χ1n) is 45.1. The van der Waals surface area contributed by atoms with E-state index in [0.717, 1.165) is 102 Å². The summed E-state index contributed by atoms with van der Waals surface area (Å²) >= 11 is 0. The number of carbonyl (C=O) groups excluding carboxylic acids is 4. The van der Waals surface area contributed by atoms with Crippen molar-refractivity contribution in [3.05, 3.63) is 0 Å². The van der Waals surface area contributed by atoms with Crippen molar-refractivity contribution in [2.45, 2.75) is 490 Å². The van der Waals surface area contributed by atoms with Crippen LogP contribution in [0.5, 0.6) is 0 Å². The van der Waals surface area contributed by atoms with Crippen LogP contribution in [0.1, 0.15) is 471 Å². The van der Waals surface area contributed by atoms with Crippen LogP contribution in [0.2, 0.25) is 0 Å². The van der Waals surface area contributed by atoms with E-state index in [1.54, 1.807) is 0 Å². The second-order valence-corrected chi connectivity index (χ2v) is 34.7. The van der Waals surface area contributed by atoms with Crippen molar-refractivity contribution in [3.8, 4) is 0 Å². The summed E-state index contributed by atoms with van der Waals surface area (Å²) in [5, 5.41) is 10.6. The Balaban J connectivity index is 5.09. The van der Waals surface area contributed by atoms with Gasteiger partial charge in [-0.05, 0) is 31.6 Å². The Bertz CT molecular complexity index is 2010. The lowest BCUT2D eigenvalue weighted by atomic mass is 10.0. The largest absolute Gasteiger partial charge is 0.472 e. The first-order chi connectivity index (χ1) is 51.5. The van der Waals surface area contributed by atoms with Crippen molar-refractivity contribution in [1.29, 1.82) is 0 Å². The van der Waals surface area contributed by atoms with Gasteiger partial charge in [-0.1, -0.05) is 420 Å². The summed E-state index contributed by atoms with van der Waals surface area (Å²) in [4.78, 5) is 72.9. The van der Waals surface area contributed by atoms with Gasteiger partial charge in [-0.25, -0.2) is 9.13 Å². The molecule has 0 rings (SSSR count). The highest BCUT2D eigenvalue weighted by molar-refractivity contribution is 7.47. The fraction of sp³-hybridized carbons (Fsp3) is 0.954. The maximum absolute atomic E-state index is 13.1. The molecule has 0 saturated carbocycles. The van der Waals surface area contributed by atoms with Gasteiger partial charge in [0.15, 0.2) is 12.2 Å². The van der Waals surface area contributed by atoms with E-state index in [4.69, 9.17) is 37.0 Å². The Morgan fingerprint density at radius 1 is 0.255 bits per heavy atom. The summed E-state index contributed by atoms with van der Waals surface area (Å²) < 4.78 is 68.7. The number of rotatable bonds is 87. The predicted molar refractivity (Wildman–Crippen MR) is 437 cm³/mol. The summed E-state index contributed by atoms with van der Waals surface area (Å²) in [6.07, 6.45) is 74.3. The maximum atomic E-state index is 13.1. The van der Waals surface area contributed by atoms with E-state index in [9.17, 15) is 43.2 Å². The molecule has 0 aromatic carbocycles. The van der Waals surface area contributed by atoms with Gasteiger partial charge in [0.25, 0.3) is 0 Å². The zero-order valence-corrected chi connectivity index (χ0v) is 71.4. The van der Waals surface area contributed by atoms with Crippen LogP contribution in [-0.2, 0) is 65.4 Å². The summed E-state index contributed by atoms with van der Waals surface area (Å²) in [5.41, 5.74) is 0. The number of phosphoric ester groups is 2. The van der Waals surface area contributed by atoms with E-state index in [2.05, 4.69) is 34.6 Å². The lowest BCUT2D eigenvalue weighted by Crippen LogP contribution is -2.30. The number of phosphoric acid groups is 2. The van der Waals surface area contributed by atoms with Gasteiger partial charge >= 0.3 is 39.5 Å². The van der Waals surface area contributed by atoms with Crippen LogP contribution in [0.15, 0.2) is 0 Å². The molecule has 0 aliphatic carbocycles. The Kier molecular flexibility index (Phi) is 78.2. The van der Waals surface area contributed by atoms with Gasteiger partial charge in [0.05, 0.1) is 26.4 Å². The molecule has 0 fully saturated rings. The van der Waals surface area contributed by atoms with Crippen LogP contribution in [0.3, 0.4) is 0 Å². The van der Waals surface area contributed by atoms with Crippen LogP contribution in [0, 0.1) is 5.92 Å². The van der Waals surface area contributed by atoms with Gasteiger partial charge in [0.1, 0.15) is 19.3 Å². The molecule has 0 aromatic rings. The van der Waals surface area contributed by atoms with Gasteiger partial charge in [0, 0.05) is 25.7 Å². The average Bonchev–Trinajstić information content (AvgIpc) is 0.917. The van der Waals surface area contributed by atoms with E-state index in [-0.39, 0.29) is 25.7 Å². The molecule has 0 radical (unpaired) electrons. The molecule has 0 heterocycles. The number of aliphatic hydroxyl groups is 1. The minimum absolute atomic E-state index is 0.108. The number of esters is 4. The Labute approximate surface area is 651 Å². The highest BCUT2D eigenvalue weighted by Crippen LogP contribution is 2.45. The van der Waals surface area contributed by atoms with Crippen molar-refractivity contribution in [3.63, 3.8) is 0 Å². The van der Waals surface area contributed by atoms with Gasteiger partial charge in [-0.15, -0.1) is 0 Å². The monoisotopic (exact) mass is 1550 g/mol. The molecule has 19 heteroatoms. The van der Waals surface area contributed by atoms with Gasteiger partial charge in [-0.2, -0.15) is 0 Å². The molecule has 2 unspecified atom stereocenters. The van der Waals surface area contributed by atoms with E-state index in [0.29, 0.717) is 25.7 Å². The van der Waals surface area contributed by atoms with Crippen LogP contribution in [0.4, 0.5) is 0 Å². The Morgan fingerprint density at radius 2 is 0.434 bits per heavy atom. The number of carbonyl (C=O) groups is 4. The van der Waals surface area contributed by atoms with Crippen LogP contribution in [0.25, 0.3) is 0 Å². The SMILES string of the molecule is CCCCCCCCCCCCCCCCCCCCCCCC(=O)OC[C@H](COP(=O)(O)OC[C@@H](O)COP(=O)(O)OC[C@@H](COC(=O)CCCCCCC)OC(=O)CCCCCCCCCCCCCCCCCCCCC)OC(=O)CCCCCCCCCCCCCCCCCCCCC(C)C. The standard InChI is InChI=1S/C87H170O17P2/c1-6-9-12-15-17-19-21-23-25-27-29-30-32-36-40-44-48-52-56-61-66-71-85(90)98-77-83(104-87(92)73-68-63-58-54-50-46-42-38-34-33-35-39-43-47-51-55-60-64-69-80(4)5)79-102-106(95,96)100-75-81(88)74-99-105(93,94)101-78-82(76-97-84(89)70-65-59-14-11-8-3)103-86(91)72-67-62-57-53-49-45-41-37-31-28-26-24-22-20-18-16-13-10-7-2/h80-83,88H,6-79H2,1-5H3,(H,93,94)(H,95,96)/t81-,82+,83+/m0/s1. The van der Waals surface area contributed by atoms with Crippen LogP contribution >= 0.6 is 15.6 Å². The third-order valence-electron chi connectivity index (χ3n) is 20.5. The number of unbranched alkanes of at least 4 members (excludes halogenated alkanes) is 59. The summed E-state index contributed by atoms with van der Waals surface area (Å²) in [5.74, 6) is -1.29. The number of hydrogen-bond acceptors (Lipinski definition) is 15. The summed E-state index contributed by atoms with van der Waals surface area (Å²) in [7, 11) is -9.92. The lowest BCUT2D eigenvalue weighted by molar-refractivity contribution is -0.161. The third kappa shape index (κ3) is 80.1. The van der Waals surface area contributed by atoms with E-state index >= 15 is 0 Å². The quantitative estimate of drug-likeness (QED) is 0.0222. The molecular weight excluding hydrogens is 1380 g/mol. The molecule has 106 heavy (non-hydrogen) atoms. The van der Waals surface area contributed by atoms with Crippen molar-refractivity contribution in [2.75, 3.05) is 39.6 Å². The van der Waals surface area contributed by atoms with Crippen LogP contribution < -0.4 is 0 Å². The third-order valence-corrected chi connectivity index (χ3v) is 22.4. The molecule has 0 aliphatic heterocycles. The fourth-order valence-electron chi connectivity index (χ4n) is 13.6. The first-order valence-corrected chi connectivity index (χ1v) is 48.1. The second kappa shape index (κ2) is 79.7. The molecule has 630 valence electrons. The minimum atomic E-state index is -4.96. The molecule has 0 spiro atoms. The minimum Gasteiger partial charge on any atom is -0.462 e. The van der Waals surface area contributed by atoms with Gasteiger partial charge in [0.2, 0.25) is 0 Å². The van der Waals surface area contributed by atoms with E-state index in [1.165, 1.54) is 289 Å². The molecule has 3 N–H and O–H groups in total.